The molecular weight excluding hydrogens is 352 g/mol. The quantitative estimate of drug-likeness (QED) is 0.272. The number of rotatable bonds is 11. The zero-order chi connectivity index (χ0) is 20.0. The largest absolute Gasteiger partial charge is 0.466 e. The zero-order valence-electron chi connectivity index (χ0n) is 18.3. The highest BCUT2D eigenvalue weighted by Gasteiger charge is 2.68. The second-order valence-corrected chi connectivity index (χ2v) is 9.31. The van der Waals surface area contributed by atoms with Gasteiger partial charge in [-0.1, -0.05) is 30.4 Å². The number of carbonyl (C=O) groups excluding carboxylic acids is 1. The lowest BCUT2D eigenvalue weighted by atomic mass is 9.81. The normalized spacial score (nSPS) is 30.2. The molecule has 0 N–H and O–H groups in total. The van der Waals surface area contributed by atoms with Crippen molar-refractivity contribution in [1.82, 2.24) is 0 Å². The summed E-state index contributed by atoms with van der Waals surface area (Å²) in [5.41, 5.74) is 3.20. The molecule has 160 valence electrons. The van der Waals surface area contributed by atoms with Crippen molar-refractivity contribution >= 4 is 5.97 Å². The van der Waals surface area contributed by atoms with E-state index >= 15 is 0 Å². The van der Waals surface area contributed by atoms with E-state index in [9.17, 15) is 4.79 Å². The highest BCUT2D eigenvalue weighted by atomic mass is 16.5. The van der Waals surface area contributed by atoms with Gasteiger partial charge in [0.15, 0.2) is 0 Å². The van der Waals surface area contributed by atoms with Crippen molar-refractivity contribution in [2.45, 2.75) is 78.6 Å². The topological polar surface area (TPSA) is 44.8 Å². The molecule has 0 aromatic heterocycles. The molecule has 4 heteroatoms. The Hall–Kier alpha value is -0.870. The number of hydrogen-bond donors (Lipinski definition) is 0. The fourth-order valence-electron chi connectivity index (χ4n) is 5.52. The van der Waals surface area contributed by atoms with Crippen molar-refractivity contribution < 1.29 is 19.0 Å². The lowest BCUT2D eigenvalue weighted by Gasteiger charge is -2.24. The van der Waals surface area contributed by atoms with Crippen molar-refractivity contribution in [2.75, 3.05) is 33.0 Å². The van der Waals surface area contributed by atoms with Crippen LogP contribution in [0.25, 0.3) is 0 Å². The highest BCUT2D eigenvalue weighted by molar-refractivity contribution is 5.78. The molecule has 2 aliphatic carbocycles. The first-order valence-electron chi connectivity index (χ1n) is 11.6. The minimum atomic E-state index is 0.0523. The maximum Gasteiger partial charge on any atom is 0.309 e. The fourth-order valence-corrected chi connectivity index (χ4v) is 5.52. The first-order valence-corrected chi connectivity index (χ1v) is 11.6. The number of unbranched alkanes of at least 4 members (excludes halogenated alkanes) is 3. The Bertz CT molecular complexity index is 549. The van der Waals surface area contributed by atoms with Crippen molar-refractivity contribution in [3.8, 4) is 0 Å². The van der Waals surface area contributed by atoms with Gasteiger partial charge in [-0.2, -0.15) is 0 Å². The number of carbonyl (C=O) groups is 1. The molecule has 3 rings (SSSR count). The molecule has 0 amide bonds. The van der Waals surface area contributed by atoms with Crippen molar-refractivity contribution in [1.29, 1.82) is 0 Å². The lowest BCUT2D eigenvalue weighted by Crippen LogP contribution is -2.20. The Morgan fingerprint density at radius 3 is 2.61 bits per heavy atom. The van der Waals surface area contributed by atoms with Gasteiger partial charge in [-0.15, -0.1) is 0 Å². The third-order valence-corrected chi connectivity index (χ3v) is 7.42. The van der Waals surface area contributed by atoms with E-state index in [1.165, 1.54) is 36.8 Å². The molecule has 3 aliphatic rings. The molecule has 1 saturated carbocycles. The maximum absolute atomic E-state index is 12.5. The molecule has 0 radical (unpaired) electrons. The van der Waals surface area contributed by atoms with E-state index in [-0.39, 0.29) is 17.3 Å². The van der Waals surface area contributed by atoms with Crippen LogP contribution >= 0.6 is 0 Å². The van der Waals surface area contributed by atoms with E-state index in [4.69, 9.17) is 14.2 Å². The molecule has 0 unspecified atom stereocenters. The van der Waals surface area contributed by atoms with Gasteiger partial charge in [0.1, 0.15) is 0 Å². The highest BCUT2D eigenvalue weighted by Crippen LogP contribution is 2.69. The van der Waals surface area contributed by atoms with Crippen molar-refractivity contribution in [3.63, 3.8) is 0 Å². The summed E-state index contributed by atoms with van der Waals surface area (Å²) < 4.78 is 16.7. The average molecular weight is 393 g/mol. The van der Waals surface area contributed by atoms with Gasteiger partial charge in [0.2, 0.25) is 0 Å². The standard InChI is InChI=1S/C24H40O4/c1-4-28-23(25)22-21-15-18(2)19(3)16-24(21,22)11-7-5-6-8-12-27-17-20-9-13-26-14-10-20/h20-22H,4-17H2,1-3H3/t21-,22+,24-/m1/s1. The second-order valence-electron chi connectivity index (χ2n) is 9.31. The van der Waals surface area contributed by atoms with Gasteiger partial charge in [0, 0.05) is 26.4 Å². The maximum atomic E-state index is 12.5. The lowest BCUT2D eigenvalue weighted by molar-refractivity contribution is -0.145. The van der Waals surface area contributed by atoms with Crippen molar-refractivity contribution in [2.24, 2.45) is 23.2 Å². The molecule has 4 nitrogen and oxygen atoms in total. The van der Waals surface area contributed by atoms with Gasteiger partial charge >= 0.3 is 5.97 Å². The molecule has 0 spiro atoms. The summed E-state index contributed by atoms with van der Waals surface area (Å²) in [6.45, 7) is 10.5. The third kappa shape index (κ3) is 5.18. The Balaban J connectivity index is 1.33. The molecule has 0 aromatic rings. The number of fused-ring (bicyclic) bond motifs is 1. The Morgan fingerprint density at radius 1 is 1.11 bits per heavy atom. The number of ether oxygens (including phenoxy) is 3. The average Bonchev–Trinajstić information content (AvgIpc) is 3.32. The minimum Gasteiger partial charge on any atom is -0.466 e. The number of esters is 1. The monoisotopic (exact) mass is 392 g/mol. The summed E-state index contributed by atoms with van der Waals surface area (Å²) in [4.78, 5) is 12.5. The summed E-state index contributed by atoms with van der Waals surface area (Å²) in [5, 5.41) is 0. The van der Waals surface area contributed by atoms with Crippen LogP contribution in [0.15, 0.2) is 11.1 Å². The summed E-state index contributed by atoms with van der Waals surface area (Å²) in [6.07, 6.45) is 10.5. The summed E-state index contributed by atoms with van der Waals surface area (Å²) >= 11 is 0. The summed E-state index contributed by atoms with van der Waals surface area (Å²) in [5.74, 6) is 1.42. The minimum absolute atomic E-state index is 0.0523. The summed E-state index contributed by atoms with van der Waals surface area (Å²) in [6, 6.07) is 0. The zero-order valence-corrected chi connectivity index (χ0v) is 18.3. The van der Waals surface area contributed by atoms with E-state index in [1.54, 1.807) is 0 Å². The Labute approximate surface area is 171 Å². The molecule has 1 heterocycles. The van der Waals surface area contributed by atoms with E-state index in [1.807, 2.05) is 6.92 Å². The van der Waals surface area contributed by atoms with E-state index < -0.39 is 0 Å². The molecule has 28 heavy (non-hydrogen) atoms. The molecule has 0 bridgehead atoms. The molecular formula is C24H40O4. The van der Waals surface area contributed by atoms with E-state index in [0.29, 0.717) is 18.4 Å². The van der Waals surface area contributed by atoms with Gasteiger partial charge in [0.25, 0.3) is 0 Å². The van der Waals surface area contributed by atoms with E-state index in [0.717, 1.165) is 58.5 Å². The smallest absolute Gasteiger partial charge is 0.309 e. The van der Waals surface area contributed by atoms with Crippen LogP contribution in [0.5, 0.6) is 0 Å². The van der Waals surface area contributed by atoms with Crippen LogP contribution in [0, 0.1) is 23.2 Å². The second kappa shape index (κ2) is 10.2. The van der Waals surface area contributed by atoms with Crippen LogP contribution in [-0.2, 0) is 19.0 Å². The van der Waals surface area contributed by atoms with Gasteiger partial charge in [0.05, 0.1) is 12.5 Å². The van der Waals surface area contributed by atoms with Crippen LogP contribution in [0.2, 0.25) is 0 Å². The number of hydrogen-bond acceptors (Lipinski definition) is 4. The molecule has 3 atom stereocenters. The predicted molar refractivity (Wildman–Crippen MR) is 111 cm³/mol. The molecule has 1 saturated heterocycles. The van der Waals surface area contributed by atoms with Gasteiger partial charge < -0.3 is 14.2 Å². The SMILES string of the molecule is CCOC(=O)[C@@H]1[C@H]2CC(C)=C(C)C[C@]21CCCCCCOCC1CCOCC1. The number of allylic oxidation sites excluding steroid dienone is 2. The van der Waals surface area contributed by atoms with Crippen molar-refractivity contribution in [3.05, 3.63) is 11.1 Å². The Morgan fingerprint density at radius 2 is 1.86 bits per heavy atom. The van der Waals surface area contributed by atoms with Crippen LogP contribution in [0.1, 0.15) is 78.6 Å². The first kappa shape index (κ1) is 21.8. The van der Waals surface area contributed by atoms with E-state index in [2.05, 4.69) is 13.8 Å². The van der Waals surface area contributed by atoms with Gasteiger partial charge in [-0.25, -0.2) is 0 Å². The molecule has 0 aromatic carbocycles. The van der Waals surface area contributed by atoms with Crippen LogP contribution in [0.3, 0.4) is 0 Å². The molecule has 2 fully saturated rings. The third-order valence-electron chi connectivity index (χ3n) is 7.42. The Kier molecular flexibility index (Phi) is 7.99. The fraction of sp³-hybridized carbons (Fsp3) is 0.875. The van der Waals surface area contributed by atoms with Gasteiger partial charge in [-0.3, -0.25) is 4.79 Å². The molecule has 1 aliphatic heterocycles. The van der Waals surface area contributed by atoms with Crippen LogP contribution in [0.4, 0.5) is 0 Å². The predicted octanol–water partition coefficient (Wildman–Crippen LogP) is 5.31. The van der Waals surface area contributed by atoms with Crippen LogP contribution < -0.4 is 0 Å². The first-order chi connectivity index (χ1) is 13.6. The summed E-state index contributed by atoms with van der Waals surface area (Å²) in [7, 11) is 0. The van der Waals surface area contributed by atoms with Gasteiger partial charge in [-0.05, 0) is 76.5 Å². The van der Waals surface area contributed by atoms with Crippen LogP contribution in [-0.4, -0.2) is 39.0 Å².